The summed E-state index contributed by atoms with van der Waals surface area (Å²) in [7, 11) is -4.25. The second-order valence-corrected chi connectivity index (χ2v) is 13.0. The van der Waals surface area contributed by atoms with Gasteiger partial charge in [-0.15, -0.1) is 0 Å². The van der Waals surface area contributed by atoms with Crippen molar-refractivity contribution in [3.63, 3.8) is 0 Å². The van der Waals surface area contributed by atoms with Crippen LogP contribution in [0.25, 0.3) is 0 Å². The van der Waals surface area contributed by atoms with Crippen molar-refractivity contribution in [1.29, 1.82) is 0 Å². The summed E-state index contributed by atoms with van der Waals surface area (Å²) in [5, 5.41) is 3.79. The molecule has 3 aromatic carbocycles. The number of carbonyl (C=O) groups is 2. The molecule has 0 unspecified atom stereocenters. The zero-order chi connectivity index (χ0) is 30.3. The molecule has 2 amide bonds. The number of aryl methyl sites for hydroxylation is 1. The largest absolute Gasteiger partial charge is 0.354 e. The van der Waals surface area contributed by atoms with Gasteiger partial charge >= 0.3 is 0 Å². The fourth-order valence-corrected chi connectivity index (χ4v) is 6.19. The normalized spacial score (nSPS) is 12.1. The molecule has 0 aliphatic heterocycles. The van der Waals surface area contributed by atoms with Crippen LogP contribution in [0.2, 0.25) is 20.1 Å². The van der Waals surface area contributed by atoms with Crippen molar-refractivity contribution in [2.24, 2.45) is 0 Å². The SMILES string of the molecule is CCCCNC(=O)[C@H](C)N(Cc1c(Cl)cccc1Cl)C(=O)CN(c1ccc(Cl)c(Cl)c1)S(=O)(=O)c1ccc(C)cc1. The molecule has 0 aromatic heterocycles. The van der Waals surface area contributed by atoms with Crippen LogP contribution in [0.1, 0.15) is 37.8 Å². The predicted molar refractivity (Wildman–Crippen MR) is 167 cm³/mol. The molecule has 0 aliphatic carbocycles. The zero-order valence-electron chi connectivity index (χ0n) is 22.8. The highest BCUT2D eigenvalue weighted by Gasteiger charge is 2.33. The van der Waals surface area contributed by atoms with Crippen LogP contribution in [0.3, 0.4) is 0 Å². The molecule has 0 radical (unpaired) electrons. The molecule has 1 N–H and O–H groups in total. The number of carbonyl (C=O) groups excluding carboxylic acids is 2. The molecule has 41 heavy (non-hydrogen) atoms. The molecule has 7 nitrogen and oxygen atoms in total. The van der Waals surface area contributed by atoms with Crippen LogP contribution in [0, 0.1) is 6.92 Å². The fourth-order valence-electron chi connectivity index (χ4n) is 3.98. The van der Waals surface area contributed by atoms with Crippen molar-refractivity contribution < 1.29 is 18.0 Å². The van der Waals surface area contributed by atoms with Gasteiger partial charge in [0.1, 0.15) is 12.6 Å². The topological polar surface area (TPSA) is 86.8 Å². The summed E-state index contributed by atoms with van der Waals surface area (Å²) >= 11 is 25.1. The highest BCUT2D eigenvalue weighted by Crippen LogP contribution is 2.32. The summed E-state index contributed by atoms with van der Waals surface area (Å²) in [5.74, 6) is -1.04. The van der Waals surface area contributed by atoms with E-state index in [0.717, 1.165) is 22.7 Å². The smallest absolute Gasteiger partial charge is 0.264 e. The number of halogens is 4. The zero-order valence-corrected chi connectivity index (χ0v) is 26.7. The van der Waals surface area contributed by atoms with E-state index in [-0.39, 0.29) is 27.2 Å². The molecule has 0 fully saturated rings. The average Bonchev–Trinajstić information content (AvgIpc) is 2.93. The quantitative estimate of drug-likeness (QED) is 0.210. The van der Waals surface area contributed by atoms with Gasteiger partial charge in [0, 0.05) is 28.7 Å². The maximum Gasteiger partial charge on any atom is 0.264 e. The number of nitrogens with one attached hydrogen (secondary N) is 1. The van der Waals surface area contributed by atoms with Gasteiger partial charge in [0.2, 0.25) is 11.8 Å². The number of hydrogen-bond donors (Lipinski definition) is 1. The highest BCUT2D eigenvalue weighted by atomic mass is 35.5. The molecule has 0 saturated carbocycles. The predicted octanol–water partition coefficient (Wildman–Crippen LogP) is 7.14. The van der Waals surface area contributed by atoms with Gasteiger partial charge in [-0.25, -0.2) is 8.42 Å². The minimum Gasteiger partial charge on any atom is -0.354 e. The number of unbranched alkanes of at least 4 members (excludes halogenated alkanes) is 1. The summed E-state index contributed by atoms with van der Waals surface area (Å²) in [6.45, 7) is 5.08. The van der Waals surface area contributed by atoms with Gasteiger partial charge in [0.15, 0.2) is 0 Å². The molecule has 220 valence electrons. The maximum absolute atomic E-state index is 14.0. The molecule has 3 aromatic rings. The van der Waals surface area contributed by atoms with Crippen LogP contribution in [-0.4, -0.2) is 44.3 Å². The minimum absolute atomic E-state index is 0.0203. The van der Waals surface area contributed by atoms with E-state index in [9.17, 15) is 18.0 Å². The van der Waals surface area contributed by atoms with Gasteiger partial charge in [0.05, 0.1) is 20.6 Å². The van der Waals surface area contributed by atoms with Crippen molar-refractivity contribution in [2.45, 2.75) is 51.1 Å². The van der Waals surface area contributed by atoms with E-state index in [2.05, 4.69) is 5.32 Å². The van der Waals surface area contributed by atoms with Gasteiger partial charge in [-0.2, -0.15) is 0 Å². The lowest BCUT2D eigenvalue weighted by Crippen LogP contribution is -2.51. The summed E-state index contributed by atoms with van der Waals surface area (Å²) in [6.07, 6.45) is 1.64. The number of hydrogen-bond acceptors (Lipinski definition) is 4. The van der Waals surface area contributed by atoms with Crippen molar-refractivity contribution in [3.05, 3.63) is 91.9 Å². The Bertz CT molecular complexity index is 1480. The first-order chi connectivity index (χ1) is 19.4. The van der Waals surface area contributed by atoms with Crippen LogP contribution in [-0.2, 0) is 26.2 Å². The summed E-state index contributed by atoms with van der Waals surface area (Å²) in [4.78, 5) is 28.3. The lowest BCUT2D eigenvalue weighted by molar-refractivity contribution is -0.139. The van der Waals surface area contributed by atoms with Gasteiger partial charge in [0.25, 0.3) is 10.0 Å². The molecule has 0 aliphatic rings. The molecular weight excluding hydrogens is 628 g/mol. The standard InChI is InChI=1S/C29H31Cl4N3O4S/c1-4-5-15-34-29(38)20(3)35(17-23-24(30)7-6-8-25(23)31)28(37)18-36(21-11-14-26(32)27(33)16-21)41(39,40)22-12-9-19(2)10-13-22/h6-14,16,20H,4-5,15,17-18H2,1-3H3,(H,34,38)/t20-/m0/s1. The van der Waals surface area contributed by atoms with Crippen molar-refractivity contribution in [3.8, 4) is 0 Å². The van der Waals surface area contributed by atoms with E-state index in [1.807, 2.05) is 13.8 Å². The van der Waals surface area contributed by atoms with E-state index in [1.54, 1.807) is 37.3 Å². The monoisotopic (exact) mass is 657 g/mol. The number of nitrogens with zero attached hydrogens (tertiary/aromatic N) is 2. The first kappa shape index (κ1) is 33.0. The van der Waals surface area contributed by atoms with Crippen molar-refractivity contribution >= 4 is 73.9 Å². The summed E-state index contributed by atoms with van der Waals surface area (Å²) < 4.78 is 28.8. The number of anilines is 1. The Labute approximate surface area is 261 Å². The summed E-state index contributed by atoms with van der Waals surface area (Å²) in [5.41, 5.74) is 1.43. The third-order valence-corrected chi connectivity index (χ3v) is 9.70. The van der Waals surface area contributed by atoms with Crippen LogP contribution in [0.4, 0.5) is 5.69 Å². The first-order valence-electron chi connectivity index (χ1n) is 12.9. The van der Waals surface area contributed by atoms with Crippen LogP contribution in [0.5, 0.6) is 0 Å². The lowest BCUT2D eigenvalue weighted by Gasteiger charge is -2.32. The van der Waals surface area contributed by atoms with E-state index in [0.29, 0.717) is 22.2 Å². The number of rotatable bonds is 12. The molecule has 0 spiro atoms. The molecule has 0 heterocycles. The average molecular weight is 659 g/mol. The van der Waals surface area contributed by atoms with E-state index in [4.69, 9.17) is 46.4 Å². The number of benzene rings is 3. The molecule has 3 rings (SSSR count). The third-order valence-electron chi connectivity index (χ3n) is 6.47. The fraction of sp³-hybridized carbons (Fsp3) is 0.310. The molecule has 0 saturated heterocycles. The lowest BCUT2D eigenvalue weighted by atomic mass is 10.1. The molecule has 12 heteroatoms. The molecule has 0 bridgehead atoms. The highest BCUT2D eigenvalue weighted by molar-refractivity contribution is 7.92. The first-order valence-corrected chi connectivity index (χ1v) is 15.9. The summed E-state index contributed by atoms with van der Waals surface area (Å²) in [6, 6.07) is 14.5. The third kappa shape index (κ3) is 8.30. The van der Waals surface area contributed by atoms with Crippen LogP contribution in [0.15, 0.2) is 65.6 Å². The Morgan fingerprint density at radius 1 is 0.902 bits per heavy atom. The second-order valence-electron chi connectivity index (χ2n) is 9.47. The Hall–Kier alpha value is -2.49. The van der Waals surface area contributed by atoms with E-state index < -0.39 is 34.4 Å². The van der Waals surface area contributed by atoms with Crippen molar-refractivity contribution in [1.82, 2.24) is 10.2 Å². The van der Waals surface area contributed by atoms with Crippen LogP contribution < -0.4 is 9.62 Å². The Morgan fingerprint density at radius 2 is 1.54 bits per heavy atom. The Morgan fingerprint density at radius 3 is 2.12 bits per heavy atom. The second kappa shape index (κ2) is 14.6. The van der Waals surface area contributed by atoms with E-state index >= 15 is 0 Å². The van der Waals surface area contributed by atoms with Gasteiger partial charge in [-0.05, 0) is 62.7 Å². The van der Waals surface area contributed by atoms with Gasteiger partial charge < -0.3 is 10.2 Å². The van der Waals surface area contributed by atoms with Gasteiger partial charge in [-0.1, -0.05) is 83.5 Å². The molecule has 1 atom stereocenters. The van der Waals surface area contributed by atoms with Crippen molar-refractivity contribution in [2.75, 3.05) is 17.4 Å². The number of amides is 2. The van der Waals surface area contributed by atoms with Crippen LogP contribution >= 0.6 is 46.4 Å². The maximum atomic E-state index is 14.0. The number of sulfonamides is 1. The molecular formula is C29H31Cl4N3O4S. The van der Waals surface area contributed by atoms with Gasteiger partial charge in [-0.3, -0.25) is 13.9 Å². The minimum atomic E-state index is -4.25. The van der Waals surface area contributed by atoms with E-state index in [1.165, 1.54) is 35.2 Å². The Balaban J connectivity index is 2.06. The Kier molecular flexibility index (Phi) is 11.8.